The molecule has 6 heteroatoms. The van der Waals surface area contributed by atoms with Crippen LogP contribution >= 0.6 is 0 Å². The molecule has 0 aliphatic rings. The second-order valence-corrected chi connectivity index (χ2v) is 7.52. The molecule has 3 aromatic rings. The van der Waals surface area contributed by atoms with E-state index in [1.165, 1.54) is 6.42 Å². The van der Waals surface area contributed by atoms with Crippen LogP contribution in [-0.4, -0.2) is 22.2 Å². The molecule has 2 N–H and O–H groups in total. The molecule has 1 heterocycles. The summed E-state index contributed by atoms with van der Waals surface area (Å²) in [6, 6.07) is 14.0. The highest BCUT2D eigenvalue weighted by atomic mass is 16.5. The summed E-state index contributed by atoms with van der Waals surface area (Å²) >= 11 is 0. The number of aromatic hydroxyl groups is 1. The molecule has 1 amide bonds. The first-order valence-electron chi connectivity index (χ1n) is 11.0. The van der Waals surface area contributed by atoms with E-state index in [2.05, 4.69) is 12.2 Å². The number of aromatic nitrogens is 1. The molecule has 0 saturated carbocycles. The Morgan fingerprint density at radius 1 is 1.00 bits per heavy atom. The van der Waals surface area contributed by atoms with E-state index in [1.807, 2.05) is 13.0 Å². The Morgan fingerprint density at radius 3 is 2.42 bits per heavy atom. The van der Waals surface area contributed by atoms with Crippen LogP contribution in [0.4, 0.5) is 5.69 Å². The normalized spacial score (nSPS) is 10.9. The number of carbonyl (C=O) groups is 1. The van der Waals surface area contributed by atoms with Gasteiger partial charge in [0.1, 0.15) is 17.1 Å². The number of nitrogens with zero attached hydrogens (tertiary/aromatic N) is 1. The minimum atomic E-state index is -0.628. The van der Waals surface area contributed by atoms with Gasteiger partial charge in [0.15, 0.2) is 0 Å². The molecule has 31 heavy (non-hydrogen) atoms. The minimum Gasteiger partial charge on any atom is -0.506 e. The third-order valence-corrected chi connectivity index (χ3v) is 5.28. The van der Waals surface area contributed by atoms with Gasteiger partial charge in [-0.2, -0.15) is 0 Å². The molecule has 0 aliphatic carbocycles. The van der Waals surface area contributed by atoms with Crippen molar-refractivity contribution in [1.82, 2.24) is 4.57 Å². The van der Waals surface area contributed by atoms with Crippen molar-refractivity contribution in [3.8, 4) is 11.5 Å². The van der Waals surface area contributed by atoms with Crippen molar-refractivity contribution in [3.05, 3.63) is 64.4 Å². The van der Waals surface area contributed by atoms with E-state index < -0.39 is 11.5 Å². The lowest BCUT2D eigenvalue weighted by molar-refractivity contribution is 0.102. The smallest absolute Gasteiger partial charge is 0.267 e. The Bertz CT molecular complexity index is 1090. The summed E-state index contributed by atoms with van der Waals surface area (Å²) in [5.74, 6) is -0.220. The van der Waals surface area contributed by atoms with Crippen molar-refractivity contribution in [2.24, 2.45) is 0 Å². The summed E-state index contributed by atoms with van der Waals surface area (Å²) in [7, 11) is 0. The first-order valence-corrected chi connectivity index (χ1v) is 11.0. The Morgan fingerprint density at radius 2 is 1.71 bits per heavy atom. The molecule has 164 valence electrons. The van der Waals surface area contributed by atoms with Crippen molar-refractivity contribution in [2.75, 3.05) is 11.9 Å². The number of hydrogen-bond donors (Lipinski definition) is 2. The Hall–Kier alpha value is -3.28. The molecule has 0 unspecified atom stereocenters. The average Bonchev–Trinajstić information content (AvgIpc) is 2.77. The number of amides is 1. The van der Waals surface area contributed by atoms with Crippen LogP contribution in [0.3, 0.4) is 0 Å². The highest BCUT2D eigenvalue weighted by Gasteiger charge is 2.22. The fraction of sp³-hybridized carbons (Fsp3) is 0.360. The summed E-state index contributed by atoms with van der Waals surface area (Å²) in [4.78, 5) is 26.2. The number of hydrogen-bond acceptors (Lipinski definition) is 4. The quantitative estimate of drug-likeness (QED) is 0.433. The van der Waals surface area contributed by atoms with Crippen LogP contribution in [0.2, 0.25) is 0 Å². The first kappa shape index (κ1) is 22.4. The SMILES string of the molecule is CCCCCCCn1c(=O)c(C(=O)Nc2ccc(OCC)cc2)c(O)c2ccccc21. The lowest BCUT2D eigenvalue weighted by Crippen LogP contribution is -2.30. The van der Waals surface area contributed by atoms with E-state index in [4.69, 9.17) is 4.74 Å². The Balaban J connectivity index is 1.91. The zero-order valence-corrected chi connectivity index (χ0v) is 18.2. The number of fused-ring (bicyclic) bond motifs is 1. The number of benzene rings is 2. The zero-order valence-electron chi connectivity index (χ0n) is 18.2. The average molecular weight is 423 g/mol. The molecule has 0 spiro atoms. The number of ether oxygens (including phenoxy) is 1. The number of nitrogens with one attached hydrogen (secondary N) is 1. The predicted molar refractivity (Wildman–Crippen MR) is 124 cm³/mol. The highest BCUT2D eigenvalue weighted by Crippen LogP contribution is 2.27. The van der Waals surface area contributed by atoms with E-state index in [0.717, 1.165) is 25.7 Å². The molecular weight excluding hydrogens is 392 g/mol. The lowest BCUT2D eigenvalue weighted by Gasteiger charge is -2.15. The molecule has 0 fully saturated rings. The van der Waals surface area contributed by atoms with Gasteiger partial charge >= 0.3 is 0 Å². The van der Waals surface area contributed by atoms with E-state index >= 15 is 0 Å². The van der Waals surface area contributed by atoms with Crippen LogP contribution in [-0.2, 0) is 6.54 Å². The van der Waals surface area contributed by atoms with Gasteiger partial charge in [-0.3, -0.25) is 9.59 Å². The molecule has 0 radical (unpaired) electrons. The molecule has 0 aliphatic heterocycles. The van der Waals surface area contributed by atoms with Gasteiger partial charge in [0.05, 0.1) is 12.1 Å². The summed E-state index contributed by atoms with van der Waals surface area (Å²) in [5.41, 5.74) is 0.445. The van der Waals surface area contributed by atoms with Crippen LogP contribution < -0.4 is 15.6 Å². The number of unbranched alkanes of at least 4 members (excludes halogenated alkanes) is 4. The fourth-order valence-corrected chi connectivity index (χ4v) is 3.68. The molecule has 0 atom stereocenters. The molecule has 1 aromatic heterocycles. The van der Waals surface area contributed by atoms with Crippen LogP contribution in [0.1, 0.15) is 56.3 Å². The third kappa shape index (κ3) is 5.26. The number of anilines is 1. The van der Waals surface area contributed by atoms with Crippen LogP contribution in [0.5, 0.6) is 11.5 Å². The number of para-hydroxylation sites is 1. The maximum atomic E-state index is 13.2. The van der Waals surface area contributed by atoms with Crippen molar-refractivity contribution in [1.29, 1.82) is 0 Å². The van der Waals surface area contributed by atoms with E-state index in [0.29, 0.717) is 35.5 Å². The molecule has 3 rings (SSSR count). The zero-order chi connectivity index (χ0) is 22.2. The maximum absolute atomic E-state index is 13.2. The fourth-order valence-electron chi connectivity index (χ4n) is 3.68. The number of carbonyl (C=O) groups excluding carboxylic acids is 1. The second kappa shape index (κ2) is 10.7. The van der Waals surface area contributed by atoms with Gasteiger partial charge in [-0.25, -0.2) is 0 Å². The van der Waals surface area contributed by atoms with E-state index in [-0.39, 0.29) is 11.3 Å². The van der Waals surface area contributed by atoms with Gasteiger partial charge in [-0.1, -0.05) is 44.7 Å². The van der Waals surface area contributed by atoms with Crippen molar-refractivity contribution >= 4 is 22.5 Å². The summed E-state index contributed by atoms with van der Waals surface area (Å²) < 4.78 is 7.01. The van der Waals surface area contributed by atoms with Gasteiger partial charge in [-0.15, -0.1) is 0 Å². The largest absolute Gasteiger partial charge is 0.506 e. The van der Waals surface area contributed by atoms with Gasteiger partial charge in [-0.05, 0) is 49.7 Å². The highest BCUT2D eigenvalue weighted by molar-refractivity contribution is 6.09. The standard InChI is InChI=1S/C25H30N2O4/c1-3-5-6-7-10-17-27-21-12-9-8-11-20(21)23(28)22(25(27)30)24(29)26-18-13-15-19(16-14-18)31-4-2/h8-9,11-16,28H,3-7,10,17H2,1-2H3,(H,26,29). The summed E-state index contributed by atoms with van der Waals surface area (Å²) in [6.45, 7) is 5.11. The van der Waals surface area contributed by atoms with Gasteiger partial charge in [0.2, 0.25) is 0 Å². The third-order valence-electron chi connectivity index (χ3n) is 5.28. The van der Waals surface area contributed by atoms with Gasteiger partial charge in [0, 0.05) is 17.6 Å². The Labute approximate surface area is 182 Å². The summed E-state index contributed by atoms with van der Waals surface area (Å²) in [5, 5.41) is 14.0. The minimum absolute atomic E-state index is 0.235. The first-order chi connectivity index (χ1) is 15.1. The molecule has 0 bridgehead atoms. The number of rotatable bonds is 10. The second-order valence-electron chi connectivity index (χ2n) is 7.52. The molecule has 0 saturated heterocycles. The molecule has 2 aromatic carbocycles. The van der Waals surface area contributed by atoms with E-state index in [9.17, 15) is 14.7 Å². The lowest BCUT2D eigenvalue weighted by atomic mass is 10.1. The predicted octanol–water partition coefficient (Wildman–Crippen LogP) is 5.33. The van der Waals surface area contributed by atoms with Crippen LogP contribution in [0.25, 0.3) is 10.9 Å². The molecule has 6 nitrogen and oxygen atoms in total. The maximum Gasteiger partial charge on any atom is 0.267 e. The van der Waals surface area contributed by atoms with Crippen LogP contribution in [0.15, 0.2) is 53.3 Å². The van der Waals surface area contributed by atoms with Crippen molar-refractivity contribution in [3.63, 3.8) is 0 Å². The molecular formula is C25H30N2O4. The van der Waals surface area contributed by atoms with E-state index in [1.54, 1.807) is 47.0 Å². The van der Waals surface area contributed by atoms with Gasteiger partial charge < -0.3 is 19.7 Å². The van der Waals surface area contributed by atoms with Crippen LogP contribution in [0, 0.1) is 0 Å². The van der Waals surface area contributed by atoms with Gasteiger partial charge in [0.25, 0.3) is 11.5 Å². The number of pyridine rings is 1. The monoisotopic (exact) mass is 422 g/mol. The topological polar surface area (TPSA) is 80.6 Å². The van der Waals surface area contributed by atoms with Crippen molar-refractivity contribution in [2.45, 2.75) is 52.5 Å². The summed E-state index contributed by atoms with van der Waals surface area (Å²) in [6.07, 6.45) is 5.29. The Kier molecular flexibility index (Phi) is 7.70. The van der Waals surface area contributed by atoms with Crippen molar-refractivity contribution < 1.29 is 14.6 Å². The number of aryl methyl sites for hydroxylation is 1.